The van der Waals surface area contributed by atoms with Crippen molar-refractivity contribution in [1.82, 2.24) is 5.32 Å². The minimum absolute atomic E-state index is 0.156. The largest absolute Gasteiger partial charge is 0.490 e. The summed E-state index contributed by atoms with van der Waals surface area (Å²) in [5.41, 5.74) is 6.68. The van der Waals surface area contributed by atoms with Gasteiger partial charge in [0.2, 0.25) is 5.91 Å². The molecule has 1 amide bonds. The summed E-state index contributed by atoms with van der Waals surface area (Å²) in [6, 6.07) is 4.99. The summed E-state index contributed by atoms with van der Waals surface area (Å²) in [7, 11) is 0. The molecule has 5 heteroatoms. The van der Waals surface area contributed by atoms with Crippen molar-refractivity contribution in [2.75, 3.05) is 13.2 Å². The molecule has 1 aromatic carbocycles. The fraction of sp³-hybridized carbons (Fsp3) is 0.611. The molecular weight excluding hydrogens is 292 g/mol. The summed E-state index contributed by atoms with van der Waals surface area (Å²) < 4.78 is 11.2. The molecule has 0 aliphatic carbocycles. The first-order valence-corrected chi connectivity index (χ1v) is 8.16. The number of carbonyl (C=O) groups excluding carboxylic acids is 1. The van der Waals surface area contributed by atoms with E-state index in [1.54, 1.807) is 0 Å². The van der Waals surface area contributed by atoms with Crippen LogP contribution in [0.15, 0.2) is 18.2 Å². The maximum Gasteiger partial charge on any atom is 0.237 e. The molecule has 23 heavy (non-hydrogen) atoms. The third-order valence-electron chi connectivity index (χ3n) is 3.64. The van der Waals surface area contributed by atoms with E-state index in [0.29, 0.717) is 24.7 Å². The van der Waals surface area contributed by atoms with Gasteiger partial charge in [-0.2, -0.15) is 0 Å². The molecule has 3 N–H and O–H groups in total. The third kappa shape index (κ3) is 5.43. The van der Waals surface area contributed by atoms with E-state index in [2.05, 4.69) is 5.32 Å². The van der Waals surface area contributed by atoms with Gasteiger partial charge in [-0.25, -0.2) is 0 Å². The molecule has 0 spiro atoms. The average molecular weight is 322 g/mol. The number of benzene rings is 1. The molecule has 0 heterocycles. The first-order chi connectivity index (χ1) is 10.7. The van der Waals surface area contributed by atoms with E-state index in [1.807, 2.05) is 59.7 Å². The van der Waals surface area contributed by atoms with Crippen LogP contribution in [0, 0.1) is 5.41 Å². The van der Waals surface area contributed by atoms with Crippen molar-refractivity contribution in [3.05, 3.63) is 23.8 Å². The summed E-state index contributed by atoms with van der Waals surface area (Å²) in [4.78, 5) is 12.3. The quantitative estimate of drug-likeness (QED) is 0.809. The van der Waals surface area contributed by atoms with E-state index in [9.17, 15) is 4.79 Å². The first kappa shape index (κ1) is 19.3. The highest BCUT2D eigenvalue weighted by molar-refractivity contribution is 5.82. The van der Waals surface area contributed by atoms with Crippen molar-refractivity contribution in [2.45, 2.75) is 53.6 Å². The van der Waals surface area contributed by atoms with Gasteiger partial charge >= 0.3 is 0 Å². The molecule has 0 saturated heterocycles. The second-order valence-electron chi connectivity index (χ2n) is 6.65. The number of hydrogen-bond donors (Lipinski definition) is 2. The highest BCUT2D eigenvalue weighted by Crippen LogP contribution is 2.31. The molecular formula is C18H30N2O3. The Kier molecular flexibility index (Phi) is 6.88. The zero-order valence-corrected chi connectivity index (χ0v) is 15.1. The van der Waals surface area contributed by atoms with Crippen LogP contribution in [0.1, 0.15) is 53.1 Å². The molecule has 2 atom stereocenters. The Morgan fingerprint density at radius 1 is 1.17 bits per heavy atom. The molecule has 0 saturated carbocycles. The van der Waals surface area contributed by atoms with Crippen molar-refractivity contribution >= 4 is 5.91 Å². The van der Waals surface area contributed by atoms with Gasteiger partial charge in [0.25, 0.3) is 0 Å². The Labute approximate surface area is 139 Å². The van der Waals surface area contributed by atoms with Crippen molar-refractivity contribution in [3.63, 3.8) is 0 Å². The standard InChI is InChI=1S/C18H30N2O3/c1-7-22-14-10-9-13(11-15(14)23-8-2)12(3)20-17(21)16(19)18(4,5)6/h9-12,16H,7-8,19H2,1-6H3,(H,20,21)/t12?,16-/m1/s1. The lowest BCUT2D eigenvalue weighted by Gasteiger charge is -2.27. The van der Waals surface area contributed by atoms with E-state index >= 15 is 0 Å². The number of carbonyl (C=O) groups is 1. The monoisotopic (exact) mass is 322 g/mol. The van der Waals surface area contributed by atoms with Crippen LogP contribution in [-0.2, 0) is 4.79 Å². The number of hydrogen-bond acceptors (Lipinski definition) is 4. The van der Waals surface area contributed by atoms with E-state index < -0.39 is 6.04 Å². The fourth-order valence-corrected chi connectivity index (χ4v) is 2.12. The summed E-state index contributed by atoms with van der Waals surface area (Å²) in [5, 5.41) is 2.96. The minimum atomic E-state index is -0.556. The minimum Gasteiger partial charge on any atom is -0.490 e. The number of rotatable bonds is 7. The Morgan fingerprint density at radius 2 is 1.74 bits per heavy atom. The second-order valence-corrected chi connectivity index (χ2v) is 6.65. The molecule has 0 aromatic heterocycles. The average Bonchev–Trinajstić information content (AvgIpc) is 2.47. The normalized spacial score (nSPS) is 14.0. The summed E-state index contributed by atoms with van der Waals surface area (Å²) in [6.07, 6.45) is 0. The van der Waals surface area contributed by atoms with E-state index in [1.165, 1.54) is 0 Å². The van der Waals surface area contributed by atoms with Crippen LogP contribution in [0.3, 0.4) is 0 Å². The predicted molar refractivity (Wildman–Crippen MR) is 92.8 cm³/mol. The lowest BCUT2D eigenvalue weighted by atomic mass is 9.86. The van der Waals surface area contributed by atoms with Gasteiger partial charge in [-0.1, -0.05) is 26.8 Å². The fourth-order valence-electron chi connectivity index (χ4n) is 2.12. The van der Waals surface area contributed by atoms with Crippen LogP contribution in [0.5, 0.6) is 11.5 Å². The lowest BCUT2D eigenvalue weighted by Crippen LogP contribution is -2.49. The predicted octanol–water partition coefficient (Wildman–Crippen LogP) is 3.03. The van der Waals surface area contributed by atoms with Crippen LogP contribution in [-0.4, -0.2) is 25.2 Å². The van der Waals surface area contributed by atoms with Crippen LogP contribution in [0.4, 0.5) is 0 Å². The topological polar surface area (TPSA) is 73.6 Å². The number of amides is 1. The highest BCUT2D eigenvalue weighted by Gasteiger charge is 2.28. The van der Waals surface area contributed by atoms with E-state index in [4.69, 9.17) is 15.2 Å². The lowest BCUT2D eigenvalue weighted by molar-refractivity contribution is -0.125. The Balaban J connectivity index is 2.89. The third-order valence-corrected chi connectivity index (χ3v) is 3.64. The van der Waals surface area contributed by atoms with Crippen LogP contribution >= 0.6 is 0 Å². The molecule has 5 nitrogen and oxygen atoms in total. The van der Waals surface area contributed by atoms with Crippen LogP contribution < -0.4 is 20.5 Å². The molecule has 0 aliphatic rings. The maximum absolute atomic E-state index is 12.3. The van der Waals surface area contributed by atoms with Crippen molar-refractivity contribution in [3.8, 4) is 11.5 Å². The first-order valence-electron chi connectivity index (χ1n) is 8.16. The Morgan fingerprint density at radius 3 is 2.26 bits per heavy atom. The molecule has 0 aliphatic heterocycles. The molecule has 0 fully saturated rings. The molecule has 0 bridgehead atoms. The van der Waals surface area contributed by atoms with Gasteiger partial charge in [0.15, 0.2) is 11.5 Å². The number of nitrogens with one attached hydrogen (secondary N) is 1. The Hall–Kier alpha value is -1.75. The number of nitrogens with two attached hydrogens (primary N) is 1. The molecule has 130 valence electrons. The van der Waals surface area contributed by atoms with Crippen LogP contribution in [0.2, 0.25) is 0 Å². The van der Waals surface area contributed by atoms with Crippen molar-refractivity contribution in [1.29, 1.82) is 0 Å². The molecule has 0 radical (unpaired) electrons. The summed E-state index contributed by atoms with van der Waals surface area (Å²) in [6.45, 7) is 12.8. The van der Waals surface area contributed by atoms with Crippen LogP contribution in [0.25, 0.3) is 0 Å². The summed E-state index contributed by atoms with van der Waals surface area (Å²) >= 11 is 0. The number of ether oxygens (including phenoxy) is 2. The zero-order valence-electron chi connectivity index (χ0n) is 15.1. The maximum atomic E-state index is 12.3. The SMILES string of the molecule is CCOc1ccc(C(C)NC(=O)[C@@H](N)C(C)(C)C)cc1OCC. The molecule has 1 rings (SSSR count). The van der Waals surface area contributed by atoms with E-state index in [0.717, 1.165) is 5.56 Å². The Bertz CT molecular complexity index is 523. The summed E-state index contributed by atoms with van der Waals surface area (Å²) in [5.74, 6) is 1.24. The smallest absolute Gasteiger partial charge is 0.237 e. The molecule has 1 unspecified atom stereocenters. The van der Waals surface area contributed by atoms with Gasteiger partial charge in [-0.3, -0.25) is 4.79 Å². The second kappa shape index (κ2) is 8.20. The highest BCUT2D eigenvalue weighted by atomic mass is 16.5. The zero-order chi connectivity index (χ0) is 17.6. The van der Waals surface area contributed by atoms with Gasteiger partial charge in [0, 0.05) is 0 Å². The van der Waals surface area contributed by atoms with Crippen molar-refractivity contribution < 1.29 is 14.3 Å². The van der Waals surface area contributed by atoms with Gasteiger partial charge < -0.3 is 20.5 Å². The van der Waals surface area contributed by atoms with Gasteiger partial charge in [0.1, 0.15) is 0 Å². The van der Waals surface area contributed by atoms with Gasteiger partial charge in [0.05, 0.1) is 25.3 Å². The van der Waals surface area contributed by atoms with E-state index in [-0.39, 0.29) is 17.4 Å². The van der Waals surface area contributed by atoms with Crippen molar-refractivity contribution in [2.24, 2.45) is 11.1 Å². The van der Waals surface area contributed by atoms with Gasteiger partial charge in [-0.15, -0.1) is 0 Å². The molecule has 1 aromatic rings. The van der Waals surface area contributed by atoms with Gasteiger partial charge in [-0.05, 0) is 43.9 Å².